The van der Waals surface area contributed by atoms with E-state index in [1.165, 1.54) is 18.4 Å². The van der Waals surface area contributed by atoms with Gasteiger partial charge in [-0.2, -0.15) is 5.26 Å². The van der Waals surface area contributed by atoms with E-state index in [1.54, 1.807) is 12.3 Å². The molecule has 2 aromatic rings. The van der Waals surface area contributed by atoms with Crippen molar-refractivity contribution in [3.8, 4) is 6.07 Å². The van der Waals surface area contributed by atoms with Crippen LogP contribution in [0.1, 0.15) is 48.2 Å². The van der Waals surface area contributed by atoms with Gasteiger partial charge in [0.1, 0.15) is 6.07 Å². The van der Waals surface area contributed by atoms with Crippen LogP contribution in [0.15, 0.2) is 36.7 Å². The highest BCUT2D eigenvalue weighted by Gasteiger charge is 2.23. The van der Waals surface area contributed by atoms with Crippen LogP contribution in [0.25, 0.3) is 0 Å². The zero-order valence-corrected chi connectivity index (χ0v) is 14.0. The van der Waals surface area contributed by atoms with Crippen LogP contribution in [0.2, 0.25) is 0 Å². The van der Waals surface area contributed by atoms with E-state index in [2.05, 4.69) is 45.7 Å². The summed E-state index contributed by atoms with van der Waals surface area (Å²) in [6, 6.07) is 10.4. The molecule has 1 atom stereocenters. The van der Waals surface area contributed by atoms with Crippen molar-refractivity contribution in [1.82, 2.24) is 20.6 Å². The summed E-state index contributed by atoms with van der Waals surface area (Å²) in [5, 5.41) is 15.6. The molecule has 3 rings (SSSR count). The summed E-state index contributed by atoms with van der Waals surface area (Å²) >= 11 is 0. The Morgan fingerprint density at radius 2 is 1.88 bits per heavy atom. The summed E-state index contributed by atoms with van der Waals surface area (Å²) in [6.45, 7) is 4.48. The lowest BCUT2D eigenvalue weighted by Gasteiger charge is -2.14. The number of aromatic nitrogens is 2. The van der Waals surface area contributed by atoms with E-state index in [-0.39, 0.29) is 0 Å². The van der Waals surface area contributed by atoms with Crippen LogP contribution >= 0.6 is 0 Å². The number of pyridine rings is 2. The van der Waals surface area contributed by atoms with Crippen molar-refractivity contribution in [2.24, 2.45) is 0 Å². The third-order valence-corrected chi connectivity index (χ3v) is 4.24. The Kier molecular flexibility index (Phi) is 5.52. The van der Waals surface area contributed by atoms with Gasteiger partial charge >= 0.3 is 0 Å². The highest BCUT2D eigenvalue weighted by molar-refractivity contribution is 5.26. The van der Waals surface area contributed by atoms with Crippen LogP contribution in [-0.4, -0.2) is 22.6 Å². The molecule has 2 heterocycles. The Morgan fingerprint density at radius 3 is 2.50 bits per heavy atom. The fourth-order valence-electron chi connectivity index (χ4n) is 2.56. The van der Waals surface area contributed by atoms with E-state index < -0.39 is 0 Å². The predicted octanol–water partition coefficient (Wildman–Crippen LogP) is 2.49. The van der Waals surface area contributed by atoms with Gasteiger partial charge in [-0.05, 0) is 49.4 Å². The Balaban J connectivity index is 1.35. The van der Waals surface area contributed by atoms with Crippen LogP contribution in [0.4, 0.5) is 0 Å². The van der Waals surface area contributed by atoms with Gasteiger partial charge in [-0.15, -0.1) is 0 Å². The second kappa shape index (κ2) is 8.00. The van der Waals surface area contributed by atoms with E-state index >= 15 is 0 Å². The summed E-state index contributed by atoms with van der Waals surface area (Å²) < 4.78 is 0. The average Bonchev–Trinajstić information content (AvgIpc) is 3.46. The minimum atomic E-state index is 0.341. The van der Waals surface area contributed by atoms with E-state index in [1.807, 2.05) is 12.3 Å². The SMILES string of the molecule is CC(CNCc1ccc(C#N)cn1)NCc1ccc(C2CC2)cn1. The third kappa shape index (κ3) is 4.85. The van der Waals surface area contributed by atoms with Gasteiger partial charge in [0.25, 0.3) is 0 Å². The second-order valence-corrected chi connectivity index (χ2v) is 6.42. The molecule has 2 aromatic heterocycles. The van der Waals surface area contributed by atoms with Crippen LogP contribution in [0.5, 0.6) is 0 Å². The molecule has 1 aliphatic carbocycles. The first-order valence-electron chi connectivity index (χ1n) is 8.48. The maximum absolute atomic E-state index is 8.76. The Hall–Kier alpha value is -2.29. The molecule has 0 saturated heterocycles. The van der Waals surface area contributed by atoms with Crippen molar-refractivity contribution in [2.45, 2.75) is 44.8 Å². The van der Waals surface area contributed by atoms with Crippen LogP contribution in [0.3, 0.4) is 0 Å². The zero-order valence-electron chi connectivity index (χ0n) is 14.0. The summed E-state index contributed by atoms with van der Waals surface area (Å²) in [5.74, 6) is 0.762. The molecule has 0 aromatic carbocycles. The molecule has 5 nitrogen and oxygen atoms in total. The number of nitrogens with zero attached hydrogens (tertiary/aromatic N) is 3. The Bertz CT molecular complexity index is 683. The van der Waals surface area contributed by atoms with Gasteiger partial charge in [0.05, 0.1) is 17.0 Å². The lowest BCUT2D eigenvalue weighted by molar-refractivity contribution is 0.496. The molecule has 124 valence electrons. The van der Waals surface area contributed by atoms with Crippen molar-refractivity contribution >= 4 is 0 Å². The number of nitrogens with one attached hydrogen (secondary N) is 2. The fourth-order valence-corrected chi connectivity index (χ4v) is 2.56. The molecule has 0 amide bonds. The van der Waals surface area contributed by atoms with Gasteiger partial charge in [-0.25, -0.2) is 0 Å². The summed E-state index contributed by atoms with van der Waals surface area (Å²) in [7, 11) is 0. The molecular formula is C19H23N5. The van der Waals surface area contributed by atoms with Crippen molar-refractivity contribution in [2.75, 3.05) is 6.54 Å². The minimum absolute atomic E-state index is 0.341. The number of hydrogen-bond donors (Lipinski definition) is 2. The molecule has 24 heavy (non-hydrogen) atoms. The standard InChI is InChI=1S/C19H23N5/c1-14(9-21-12-18-6-2-15(8-20)10-23-18)22-13-19-7-5-17(11-24-19)16-3-4-16/h2,5-7,10-11,14,16,21-22H,3-4,9,12-13H2,1H3. The molecular weight excluding hydrogens is 298 g/mol. The first-order valence-corrected chi connectivity index (χ1v) is 8.48. The summed E-state index contributed by atoms with van der Waals surface area (Å²) in [6.07, 6.45) is 6.26. The molecule has 0 bridgehead atoms. The van der Waals surface area contributed by atoms with Crippen molar-refractivity contribution in [1.29, 1.82) is 5.26 Å². The second-order valence-electron chi connectivity index (χ2n) is 6.42. The van der Waals surface area contributed by atoms with Gasteiger partial charge in [-0.3, -0.25) is 9.97 Å². The average molecular weight is 321 g/mol. The van der Waals surface area contributed by atoms with Crippen molar-refractivity contribution in [3.05, 3.63) is 59.2 Å². The maximum Gasteiger partial charge on any atom is 0.101 e. The van der Waals surface area contributed by atoms with Gasteiger partial charge in [0, 0.05) is 38.1 Å². The summed E-state index contributed by atoms with van der Waals surface area (Å²) in [5.41, 5.74) is 4.00. The molecule has 1 saturated carbocycles. The van der Waals surface area contributed by atoms with Crippen LogP contribution < -0.4 is 10.6 Å². The molecule has 1 aliphatic rings. The van der Waals surface area contributed by atoms with Crippen LogP contribution in [-0.2, 0) is 13.1 Å². The number of rotatable bonds is 8. The van der Waals surface area contributed by atoms with E-state index in [0.717, 1.165) is 30.4 Å². The van der Waals surface area contributed by atoms with E-state index in [4.69, 9.17) is 5.26 Å². The van der Waals surface area contributed by atoms with Gasteiger partial charge in [0.2, 0.25) is 0 Å². The first kappa shape index (κ1) is 16.6. The number of hydrogen-bond acceptors (Lipinski definition) is 5. The Morgan fingerprint density at radius 1 is 1.12 bits per heavy atom. The molecule has 1 fully saturated rings. The maximum atomic E-state index is 8.76. The molecule has 1 unspecified atom stereocenters. The third-order valence-electron chi connectivity index (χ3n) is 4.24. The fraction of sp³-hybridized carbons (Fsp3) is 0.421. The zero-order chi connectivity index (χ0) is 16.8. The smallest absolute Gasteiger partial charge is 0.101 e. The number of nitriles is 1. The predicted molar refractivity (Wildman–Crippen MR) is 93.2 cm³/mol. The van der Waals surface area contributed by atoms with Gasteiger partial charge in [-0.1, -0.05) is 6.07 Å². The molecule has 2 N–H and O–H groups in total. The topological polar surface area (TPSA) is 73.6 Å². The Labute approximate surface area is 143 Å². The quantitative estimate of drug-likeness (QED) is 0.781. The van der Waals surface area contributed by atoms with Crippen LogP contribution in [0, 0.1) is 11.3 Å². The largest absolute Gasteiger partial charge is 0.310 e. The summed E-state index contributed by atoms with van der Waals surface area (Å²) in [4.78, 5) is 8.79. The lowest BCUT2D eigenvalue weighted by Crippen LogP contribution is -2.36. The van der Waals surface area contributed by atoms with Gasteiger partial charge in [0.15, 0.2) is 0 Å². The van der Waals surface area contributed by atoms with Crippen molar-refractivity contribution in [3.63, 3.8) is 0 Å². The molecule has 0 radical (unpaired) electrons. The normalized spacial score (nSPS) is 15.0. The van der Waals surface area contributed by atoms with E-state index in [0.29, 0.717) is 18.2 Å². The lowest BCUT2D eigenvalue weighted by atomic mass is 10.2. The van der Waals surface area contributed by atoms with E-state index in [9.17, 15) is 0 Å². The first-order chi connectivity index (χ1) is 11.7. The molecule has 5 heteroatoms. The molecule has 0 aliphatic heterocycles. The monoisotopic (exact) mass is 321 g/mol. The van der Waals surface area contributed by atoms with Crippen molar-refractivity contribution < 1.29 is 0 Å². The highest BCUT2D eigenvalue weighted by Crippen LogP contribution is 2.39. The van der Waals surface area contributed by atoms with Gasteiger partial charge < -0.3 is 10.6 Å². The molecule has 0 spiro atoms. The minimum Gasteiger partial charge on any atom is -0.310 e. The highest BCUT2D eigenvalue weighted by atomic mass is 15.0.